The van der Waals surface area contributed by atoms with Crippen LogP contribution >= 0.6 is 0 Å². The predicted molar refractivity (Wildman–Crippen MR) is 77.4 cm³/mol. The van der Waals surface area contributed by atoms with Gasteiger partial charge in [-0.2, -0.15) is 0 Å². The van der Waals surface area contributed by atoms with Crippen molar-refractivity contribution in [3.05, 3.63) is 29.3 Å². The van der Waals surface area contributed by atoms with Gasteiger partial charge in [0.25, 0.3) is 0 Å². The number of primary amides is 2. The van der Waals surface area contributed by atoms with Crippen LogP contribution in [0.4, 0.5) is 5.69 Å². The van der Waals surface area contributed by atoms with Gasteiger partial charge in [0.15, 0.2) is 0 Å². The molecule has 0 radical (unpaired) electrons. The number of amides is 3. The van der Waals surface area contributed by atoms with E-state index in [1.807, 2.05) is 0 Å². The van der Waals surface area contributed by atoms with Gasteiger partial charge in [0.2, 0.25) is 17.7 Å². The van der Waals surface area contributed by atoms with Gasteiger partial charge in [0, 0.05) is 23.4 Å². The Balaban J connectivity index is 2.29. The summed E-state index contributed by atoms with van der Waals surface area (Å²) in [5.41, 5.74) is 16.1. The number of rotatable bonds is 5. The Morgan fingerprint density at radius 1 is 1.05 bits per heavy atom. The Bertz CT molecular complexity index is 570. The maximum Gasteiger partial charge on any atom is 0.248 e. The molecule has 21 heavy (non-hydrogen) atoms. The first-order valence-corrected chi connectivity index (χ1v) is 6.64. The minimum Gasteiger partial charge on any atom is -0.366 e. The van der Waals surface area contributed by atoms with E-state index in [1.165, 1.54) is 18.2 Å². The van der Waals surface area contributed by atoms with Crippen molar-refractivity contribution in [3.8, 4) is 0 Å². The van der Waals surface area contributed by atoms with E-state index in [9.17, 15) is 14.4 Å². The lowest BCUT2D eigenvalue weighted by Crippen LogP contribution is -2.47. The Morgan fingerprint density at radius 3 is 1.90 bits per heavy atom. The molecule has 0 bridgehead atoms. The van der Waals surface area contributed by atoms with Crippen molar-refractivity contribution in [1.82, 2.24) is 0 Å². The molecule has 1 aromatic carbocycles. The first-order valence-electron chi connectivity index (χ1n) is 6.64. The smallest absolute Gasteiger partial charge is 0.248 e. The monoisotopic (exact) mass is 290 g/mol. The third-order valence-corrected chi connectivity index (χ3v) is 3.94. The molecule has 2 rings (SSSR count). The molecule has 0 spiro atoms. The highest BCUT2D eigenvalue weighted by Gasteiger charge is 2.42. The van der Waals surface area contributed by atoms with E-state index in [0.29, 0.717) is 5.69 Å². The third kappa shape index (κ3) is 2.87. The topological polar surface area (TPSA) is 141 Å². The molecule has 1 aliphatic rings. The molecule has 0 saturated heterocycles. The van der Waals surface area contributed by atoms with Crippen LogP contribution < -0.4 is 22.5 Å². The molecule has 3 amide bonds. The quantitative estimate of drug-likeness (QED) is 0.603. The molecule has 0 aromatic heterocycles. The zero-order valence-corrected chi connectivity index (χ0v) is 11.5. The summed E-state index contributed by atoms with van der Waals surface area (Å²) in [4.78, 5) is 34.8. The first-order chi connectivity index (χ1) is 9.88. The van der Waals surface area contributed by atoms with Crippen molar-refractivity contribution in [2.24, 2.45) is 22.6 Å². The molecule has 0 aliphatic heterocycles. The Labute approximate surface area is 121 Å². The molecule has 7 N–H and O–H groups in total. The van der Waals surface area contributed by atoms with Crippen molar-refractivity contribution >= 4 is 23.4 Å². The fourth-order valence-electron chi connectivity index (χ4n) is 2.38. The van der Waals surface area contributed by atoms with Crippen LogP contribution in [0.25, 0.3) is 0 Å². The van der Waals surface area contributed by atoms with Crippen LogP contribution in [0, 0.1) is 5.41 Å². The second-order valence-electron chi connectivity index (χ2n) is 5.32. The summed E-state index contributed by atoms with van der Waals surface area (Å²) >= 11 is 0. The van der Waals surface area contributed by atoms with Gasteiger partial charge in [-0.25, -0.2) is 0 Å². The lowest BCUT2D eigenvalue weighted by Gasteiger charge is -2.39. The lowest BCUT2D eigenvalue weighted by atomic mass is 9.68. The lowest BCUT2D eigenvalue weighted by molar-refractivity contribution is -0.129. The molecular weight excluding hydrogens is 272 g/mol. The van der Waals surface area contributed by atoms with Crippen LogP contribution in [0.5, 0.6) is 0 Å². The predicted octanol–water partition coefficient (Wildman–Crippen LogP) is -0.0481. The minimum absolute atomic E-state index is 0.108. The normalized spacial score (nSPS) is 15.9. The van der Waals surface area contributed by atoms with Gasteiger partial charge < -0.3 is 22.5 Å². The zero-order valence-electron chi connectivity index (χ0n) is 11.5. The maximum absolute atomic E-state index is 12.3. The van der Waals surface area contributed by atoms with Gasteiger partial charge in [0.1, 0.15) is 0 Å². The number of hydrogen-bond acceptors (Lipinski definition) is 4. The highest BCUT2D eigenvalue weighted by atomic mass is 16.2. The van der Waals surface area contributed by atoms with Crippen molar-refractivity contribution < 1.29 is 14.4 Å². The van der Waals surface area contributed by atoms with E-state index in [4.69, 9.17) is 17.2 Å². The summed E-state index contributed by atoms with van der Waals surface area (Å²) in [5.74, 6) is -1.62. The fraction of sp³-hybridized carbons (Fsp3) is 0.357. The first kappa shape index (κ1) is 15.0. The SMILES string of the molecule is NCC1(C(=O)Nc2cc(C(N)=O)cc(C(N)=O)c2)CCC1. The molecule has 112 valence electrons. The van der Waals surface area contributed by atoms with Crippen LogP contribution in [0.1, 0.15) is 40.0 Å². The van der Waals surface area contributed by atoms with E-state index in [1.54, 1.807) is 0 Å². The Hall–Kier alpha value is -2.41. The molecule has 1 aliphatic carbocycles. The fourth-order valence-corrected chi connectivity index (χ4v) is 2.38. The molecule has 7 heteroatoms. The van der Waals surface area contributed by atoms with E-state index < -0.39 is 17.2 Å². The number of nitrogens with two attached hydrogens (primary N) is 3. The number of carbonyl (C=O) groups excluding carboxylic acids is 3. The molecule has 7 nitrogen and oxygen atoms in total. The highest BCUT2D eigenvalue weighted by molar-refractivity contribution is 6.02. The second-order valence-corrected chi connectivity index (χ2v) is 5.32. The molecular formula is C14H18N4O3. The highest BCUT2D eigenvalue weighted by Crippen LogP contribution is 2.40. The van der Waals surface area contributed by atoms with Gasteiger partial charge in [-0.05, 0) is 31.0 Å². The summed E-state index contributed by atoms with van der Waals surface area (Å²) in [6, 6.07) is 4.12. The van der Waals surface area contributed by atoms with Crippen molar-refractivity contribution in [3.63, 3.8) is 0 Å². The van der Waals surface area contributed by atoms with Gasteiger partial charge in [-0.3, -0.25) is 14.4 Å². The van der Waals surface area contributed by atoms with Gasteiger partial charge >= 0.3 is 0 Å². The van der Waals surface area contributed by atoms with Crippen LogP contribution in [-0.2, 0) is 4.79 Å². The molecule has 1 saturated carbocycles. The zero-order chi connectivity index (χ0) is 15.6. The van der Waals surface area contributed by atoms with Crippen LogP contribution in [0.15, 0.2) is 18.2 Å². The molecule has 0 atom stereocenters. The largest absolute Gasteiger partial charge is 0.366 e. The summed E-state index contributed by atoms with van der Waals surface area (Å²) in [6.45, 7) is 0.261. The van der Waals surface area contributed by atoms with Crippen molar-refractivity contribution in [2.45, 2.75) is 19.3 Å². The molecule has 1 aromatic rings. The average molecular weight is 290 g/mol. The maximum atomic E-state index is 12.3. The van der Waals surface area contributed by atoms with Crippen LogP contribution in [-0.4, -0.2) is 24.3 Å². The number of benzene rings is 1. The van der Waals surface area contributed by atoms with Crippen molar-refractivity contribution in [2.75, 3.05) is 11.9 Å². The number of hydrogen-bond donors (Lipinski definition) is 4. The minimum atomic E-state index is -0.703. The number of anilines is 1. The van der Waals surface area contributed by atoms with Crippen molar-refractivity contribution in [1.29, 1.82) is 0 Å². The number of nitrogens with one attached hydrogen (secondary N) is 1. The van der Waals surface area contributed by atoms with E-state index >= 15 is 0 Å². The van der Waals surface area contributed by atoms with Gasteiger partial charge in [-0.1, -0.05) is 6.42 Å². The number of carbonyl (C=O) groups is 3. The molecule has 0 heterocycles. The molecule has 1 fully saturated rings. The Kier molecular flexibility index (Phi) is 3.95. The third-order valence-electron chi connectivity index (χ3n) is 3.94. The van der Waals surface area contributed by atoms with Crippen LogP contribution in [0.3, 0.4) is 0 Å². The Morgan fingerprint density at radius 2 is 1.57 bits per heavy atom. The average Bonchev–Trinajstić information content (AvgIpc) is 2.37. The van der Waals surface area contributed by atoms with Gasteiger partial charge in [0.05, 0.1) is 5.41 Å². The summed E-state index contributed by atoms with van der Waals surface area (Å²) in [7, 11) is 0. The molecule has 0 unspecified atom stereocenters. The second kappa shape index (κ2) is 5.53. The van der Waals surface area contributed by atoms with Gasteiger partial charge in [-0.15, -0.1) is 0 Å². The summed E-state index contributed by atoms with van der Waals surface area (Å²) in [6.07, 6.45) is 2.42. The summed E-state index contributed by atoms with van der Waals surface area (Å²) in [5, 5.41) is 2.69. The van der Waals surface area contributed by atoms with E-state index in [0.717, 1.165) is 19.3 Å². The van der Waals surface area contributed by atoms with Crippen LogP contribution in [0.2, 0.25) is 0 Å². The van der Waals surface area contributed by atoms with E-state index in [-0.39, 0.29) is 23.6 Å². The summed E-state index contributed by atoms with van der Waals surface area (Å²) < 4.78 is 0. The van der Waals surface area contributed by atoms with E-state index in [2.05, 4.69) is 5.32 Å². The standard InChI is InChI=1S/C14H18N4O3/c15-7-14(2-1-3-14)13(21)18-10-5-8(11(16)19)4-9(6-10)12(17)20/h4-6H,1-3,7,15H2,(H2,16,19)(H2,17,20)(H,18,21).